The van der Waals surface area contributed by atoms with Crippen molar-refractivity contribution < 1.29 is 18.3 Å². The van der Waals surface area contributed by atoms with Gasteiger partial charge in [-0.25, -0.2) is 13.2 Å². The van der Waals surface area contributed by atoms with Crippen LogP contribution in [-0.2, 0) is 10.0 Å². The SMILES string of the molecule is CCC1(C)CCN(S(=O)(=O)c2cccc(C(=O)O)c2)CC1. The molecule has 1 heterocycles. The molecule has 1 aromatic carbocycles. The quantitative estimate of drug-likeness (QED) is 0.927. The number of benzene rings is 1. The highest BCUT2D eigenvalue weighted by Crippen LogP contribution is 2.35. The Kier molecular flexibility index (Phi) is 4.39. The van der Waals surface area contributed by atoms with Crippen molar-refractivity contribution in [2.24, 2.45) is 5.41 Å². The van der Waals surface area contributed by atoms with Gasteiger partial charge in [0.25, 0.3) is 0 Å². The van der Waals surface area contributed by atoms with E-state index >= 15 is 0 Å². The first-order chi connectivity index (χ1) is 9.78. The van der Waals surface area contributed by atoms with Gasteiger partial charge in [-0.05, 0) is 36.5 Å². The maximum atomic E-state index is 12.6. The van der Waals surface area contributed by atoms with Crippen LogP contribution in [0.4, 0.5) is 0 Å². The summed E-state index contributed by atoms with van der Waals surface area (Å²) in [6.45, 7) is 5.29. The van der Waals surface area contributed by atoms with Crippen LogP contribution in [0.5, 0.6) is 0 Å². The van der Waals surface area contributed by atoms with Gasteiger partial charge in [-0.2, -0.15) is 4.31 Å². The highest BCUT2D eigenvalue weighted by Gasteiger charge is 2.34. The molecule has 1 saturated heterocycles. The third-order valence-corrected chi connectivity index (χ3v) is 6.40. The first-order valence-corrected chi connectivity index (χ1v) is 8.56. The first kappa shape index (κ1) is 16.0. The molecule has 5 nitrogen and oxygen atoms in total. The normalized spacial score (nSPS) is 19.3. The molecule has 1 aliphatic rings. The van der Waals surface area contributed by atoms with Crippen LogP contribution in [0.3, 0.4) is 0 Å². The number of piperidine rings is 1. The number of carboxylic acids is 1. The van der Waals surface area contributed by atoms with Gasteiger partial charge >= 0.3 is 5.97 Å². The number of carbonyl (C=O) groups is 1. The van der Waals surface area contributed by atoms with E-state index in [1.807, 2.05) is 0 Å². The number of hydrogen-bond acceptors (Lipinski definition) is 3. The highest BCUT2D eigenvalue weighted by molar-refractivity contribution is 7.89. The van der Waals surface area contributed by atoms with Gasteiger partial charge in [0.15, 0.2) is 0 Å². The summed E-state index contributed by atoms with van der Waals surface area (Å²) < 4.78 is 26.7. The summed E-state index contributed by atoms with van der Waals surface area (Å²) in [5, 5.41) is 8.98. The summed E-state index contributed by atoms with van der Waals surface area (Å²) >= 11 is 0. The summed E-state index contributed by atoms with van der Waals surface area (Å²) in [6, 6.07) is 5.54. The number of hydrogen-bond donors (Lipinski definition) is 1. The molecule has 1 aliphatic heterocycles. The molecule has 0 unspecified atom stereocenters. The number of sulfonamides is 1. The van der Waals surface area contributed by atoms with Crippen LogP contribution < -0.4 is 0 Å². The third-order valence-electron chi connectivity index (χ3n) is 4.50. The van der Waals surface area contributed by atoms with Crippen molar-refractivity contribution in [1.82, 2.24) is 4.31 Å². The standard InChI is InChI=1S/C15H21NO4S/c1-3-15(2)7-9-16(10-8-15)21(19,20)13-6-4-5-12(11-13)14(17)18/h4-6,11H,3,7-10H2,1-2H3,(H,17,18). The number of carboxylic acid groups (broad SMARTS) is 1. The van der Waals surface area contributed by atoms with Crippen molar-refractivity contribution in [2.45, 2.75) is 38.0 Å². The lowest BCUT2D eigenvalue weighted by atomic mass is 9.79. The minimum Gasteiger partial charge on any atom is -0.478 e. The molecule has 0 bridgehead atoms. The van der Waals surface area contributed by atoms with E-state index in [0.29, 0.717) is 13.1 Å². The molecule has 0 radical (unpaired) electrons. The molecule has 1 fully saturated rings. The van der Waals surface area contributed by atoms with Crippen molar-refractivity contribution in [1.29, 1.82) is 0 Å². The van der Waals surface area contributed by atoms with Crippen LogP contribution in [0.1, 0.15) is 43.5 Å². The fraction of sp³-hybridized carbons (Fsp3) is 0.533. The van der Waals surface area contributed by atoms with Crippen LogP contribution >= 0.6 is 0 Å². The summed E-state index contributed by atoms with van der Waals surface area (Å²) in [6.07, 6.45) is 2.71. The Labute approximate surface area is 125 Å². The van der Waals surface area contributed by atoms with E-state index in [9.17, 15) is 13.2 Å². The lowest BCUT2D eigenvalue weighted by molar-refractivity contribution is 0.0696. The Morgan fingerprint density at radius 1 is 1.33 bits per heavy atom. The Bertz CT molecular complexity index is 631. The van der Waals surface area contributed by atoms with Crippen molar-refractivity contribution in [3.63, 3.8) is 0 Å². The Morgan fingerprint density at radius 3 is 2.48 bits per heavy atom. The molecule has 1 N–H and O–H groups in total. The number of rotatable bonds is 4. The molecular weight excluding hydrogens is 290 g/mol. The predicted octanol–water partition coefficient (Wildman–Crippen LogP) is 2.59. The van der Waals surface area contributed by atoms with E-state index < -0.39 is 16.0 Å². The molecule has 0 spiro atoms. The molecule has 0 aromatic heterocycles. The topological polar surface area (TPSA) is 74.7 Å². The van der Waals surface area contributed by atoms with Gasteiger partial charge in [0.2, 0.25) is 10.0 Å². The van der Waals surface area contributed by atoms with Crippen LogP contribution in [0, 0.1) is 5.41 Å². The van der Waals surface area contributed by atoms with Gasteiger partial charge in [0.05, 0.1) is 10.5 Å². The molecule has 116 valence electrons. The molecule has 0 saturated carbocycles. The van der Waals surface area contributed by atoms with Crippen LogP contribution in [0.2, 0.25) is 0 Å². The number of nitrogens with zero attached hydrogens (tertiary/aromatic N) is 1. The molecule has 2 rings (SSSR count). The highest BCUT2D eigenvalue weighted by atomic mass is 32.2. The summed E-state index contributed by atoms with van der Waals surface area (Å²) in [4.78, 5) is 11.0. The second kappa shape index (κ2) is 5.77. The second-order valence-electron chi connectivity index (χ2n) is 5.90. The van der Waals surface area contributed by atoms with E-state index in [1.54, 1.807) is 0 Å². The average Bonchev–Trinajstić information content (AvgIpc) is 2.48. The van der Waals surface area contributed by atoms with Crippen molar-refractivity contribution in [3.8, 4) is 0 Å². The van der Waals surface area contributed by atoms with Crippen molar-refractivity contribution >= 4 is 16.0 Å². The lowest BCUT2D eigenvalue weighted by Crippen LogP contribution is -2.41. The smallest absolute Gasteiger partial charge is 0.335 e. The minimum atomic E-state index is -3.61. The maximum Gasteiger partial charge on any atom is 0.335 e. The maximum absolute atomic E-state index is 12.6. The Morgan fingerprint density at radius 2 is 1.95 bits per heavy atom. The molecule has 1 aromatic rings. The monoisotopic (exact) mass is 311 g/mol. The molecule has 21 heavy (non-hydrogen) atoms. The zero-order chi connectivity index (χ0) is 15.7. The summed E-state index contributed by atoms with van der Waals surface area (Å²) in [5.74, 6) is -1.12. The zero-order valence-electron chi connectivity index (χ0n) is 12.4. The van der Waals surface area contributed by atoms with Gasteiger partial charge in [-0.3, -0.25) is 0 Å². The fourth-order valence-electron chi connectivity index (χ4n) is 2.56. The lowest BCUT2D eigenvalue weighted by Gasteiger charge is -2.38. The van der Waals surface area contributed by atoms with E-state index in [-0.39, 0.29) is 15.9 Å². The Hall–Kier alpha value is -1.40. The van der Waals surface area contributed by atoms with Gasteiger partial charge < -0.3 is 5.11 Å². The van der Waals surface area contributed by atoms with Gasteiger partial charge in [-0.1, -0.05) is 26.3 Å². The van der Waals surface area contributed by atoms with Gasteiger partial charge in [0.1, 0.15) is 0 Å². The van der Waals surface area contributed by atoms with Crippen LogP contribution in [-0.4, -0.2) is 36.9 Å². The van der Waals surface area contributed by atoms with Crippen molar-refractivity contribution in [3.05, 3.63) is 29.8 Å². The van der Waals surface area contributed by atoms with E-state index in [0.717, 1.165) is 19.3 Å². The first-order valence-electron chi connectivity index (χ1n) is 7.12. The van der Waals surface area contributed by atoms with Gasteiger partial charge in [0, 0.05) is 13.1 Å². The largest absolute Gasteiger partial charge is 0.478 e. The molecule has 0 aliphatic carbocycles. The van der Waals surface area contributed by atoms with E-state index in [1.165, 1.54) is 28.6 Å². The molecule has 6 heteroatoms. The minimum absolute atomic E-state index is 0.00789. The fourth-order valence-corrected chi connectivity index (χ4v) is 4.05. The summed E-state index contributed by atoms with van der Waals surface area (Å²) in [7, 11) is -3.61. The second-order valence-corrected chi connectivity index (χ2v) is 7.84. The van der Waals surface area contributed by atoms with Crippen LogP contribution in [0.25, 0.3) is 0 Å². The molecule has 0 amide bonds. The predicted molar refractivity (Wildman–Crippen MR) is 79.8 cm³/mol. The van der Waals surface area contributed by atoms with E-state index in [2.05, 4.69) is 13.8 Å². The average molecular weight is 311 g/mol. The summed E-state index contributed by atoms with van der Waals surface area (Å²) in [5.41, 5.74) is 0.195. The number of aromatic carboxylic acids is 1. The van der Waals surface area contributed by atoms with Crippen LogP contribution in [0.15, 0.2) is 29.2 Å². The molecular formula is C15H21NO4S. The third kappa shape index (κ3) is 3.27. The van der Waals surface area contributed by atoms with E-state index in [4.69, 9.17) is 5.11 Å². The Balaban J connectivity index is 2.23. The van der Waals surface area contributed by atoms with Gasteiger partial charge in [-0.15, -0.1) is 0 Å². The molecule has 0 atom stereocenters. The van der Waals surface area contributed by atoms with Crippen molar-refractivity contribution in [2.75, 3.05) is 13.1 Å². The zero-order valence-corrected chi connectivity index (χ0v) is 13.2.